The number of nitrogens with one attached hydrogen (secondary N) is 1. The number of amides is 1. The second kappa shape index (κ2) is 7.72. The molecule has 0 bridgehead atoms. The Morgan fingerprint density at radius 2 is 1.93 bits per heavy atom. The molecule has 0 saturated carbocycles. The summed E-state index contributed by atoms with van der Waals surface area (Å²) in [6.45, 7) is 6.04. The normalized spacial score (nSPS) is 11.4. The van der Waals surface area contributed by atoms with Gasteiger partial charge in [-0.25, -0.2) is 4.98 Å². The van der Waals surface area contributed by atoms with Gasteiger partial charge in [0.2, 0.25) is 0 Å². The monoisotopic (exact) mass is 390 g/mol. The minimum absolute atomic E-state index is 0.0966. The van der Waals surface area contributed by atoms with Crippen molar-refractivity contribution in [2.24, 2.45) is 7.05 Å². The SMILES string of the molecule is COCCn1c(C)c(C)c2cc(C(=O)NCc3nc4ccccc4n3C)ccc21. The summed E-state index contributed by atoms with van der Waals surface area (Å²) in [5.41, 5.74) is 6.17. The molecule has 2 aromatic carbocycles. The number of methoxy groups -OCH3 is 1. The van der Waals surface area contributed by atoms with Crippen LogP contribution in [0.5, 0.6) is 0 Å². The highest BCUT2D eigenvalue weighted by atomic mass is 16.5. The first-order valence-corrected chi connectivity index (χ1v) is 9.78. The Morgan fingerprint density at radius 3 is 2.69 bits per heavy atom. The van der Waals surface area contributed by atoms with E-state index in [1.807, 2.05) is 54.1 Å². The van der Waals surface area contributed by atoms with Crippen LogP contribution in [0.1, 0.15) is 27.4 Å². The second-order valence-electron chi connectivity index (χ2n) is 7.35. The number of imidazole rings is 1. The van der Waals surface area contributed by atoms with Crippen LogP contribution in [-0.4, -0.2) is 33.7 Å². The summed E-state index contributed by atoms with van der Waals surface area (Å²) in [7, 11) is 3.68. The van der Waals surface area contributed by atoms with Crippen molar-refractivity contribution in [1.29, 1.82) is 0 Å². The number of carbonyl (C=O) groups is 1. The van der Waals surface area contributed by atoms with Gasteiger partial charge in [0.1, 0.15) is 5.82 Å². The quantitative estimate of drug-likeness (QED) is 0.546. The van der Waals surface area contributed by atoms with Gasteiger partial charge in [0.25, 0.3) is 5.91 Å². The van der Waals surface area contributed by atoms with Crippen LogP contribution in [0.2, 0.25) is 0 Å². The molecule has 4 aromatic rings. The number of fused-ring (bicyclic) bond motifs is 2. The third-order valence-corrected chi connectivity index (χ3v) is 5.71. The molecule has 6 heteroatoms. The van der Waals surface area contributed by atoms with Gasteiger partial charge in [0, 0.05) is 42.9 Å². The fourth-order valence-corrected chi connectivity index (χ4v) is 3.88. The van der Waals surface area contributed by atoms with E-state index in [2.05, 4.69) is 28.7 Å². The smallest absolute Gasteiger partial charge is 0.251 e. The predicted molar refractivity (Wildman–Crippen MR) is 115 cm³/mol. The highest BCUT2D eigenvalue weighted by Crippen LogP contribution is 2.26. The largest absolute Gasteiger partial charge is 0.383 e. The summed E-state index contributed by atoms with van der Waals surface area (Å²) >= 11 is 0. The minimum atomic E-state index is -0.0966. The Labute approximate surface area is 170 Å². The maximum Gasteiger partial charge on any atom is 0.251 e. The Bertz CT molecular complexity index is 1200. The molecule has 0 aliphatic carbocycles. The molecule has 0 radical (unpaired) electrons. The first-order chi connectivity index (χ1) is 14.0. The van der Waals surface area contributed by atoms with E-state index in [1.54, 1.807) is 7.11 Å². The van der Waals surface area contributed by atoms with Crippen molar-refractivity contribution in [1.82, 2.24) is 19.4 Å². The van der Waals surface area contributed by atoms with Crippen molar-refractivity contribution < 1.29 is 9.53 Å². The molecule has 1 amide bonds. The number of para-hydroxylation sites is 2. The van der Waals surface area contributed by atoms with E-state index >= 15 is 0 Å². The minimum Gasteiger partial charge on any atom is -0.383 e. The molecule has 0 unspecified atom stereocenters. The van der Waals surface area contributed by atoms with Gasteiger partial charge in [0.05, 0.1) is 24.2 Å². The Hall–Kier alpha value is -3.12. The standard InChI is InChI=1S/C23H26N4O2/c1-15-16(2)27(11-12-29-4)20-10-9-17(13-18(15)20)23(28)24-14-22-25-19-7-5-6-8-21(19)26(22)3/h5-10,13H,11-12,14H2,1-4H3,(H,24,28). The van der Waals surface area contributed by atoms with Gasteiger partial charge in [-0.3, -0.25) is 4.79 Å². The van der Waals surface area contributed by atoms with Gasteiger partial charge in [-0.15, -0.1) is 0 Å². The van der Waals surface area contributed by atoms with E-state index in [1.165, 1.54) is 11.3 Å². The number of rotatable bonds is 6. The molecule has 2 heterocycles. The molecule has 0 atom stereocenters. The van der Waals surface area contributed by atoms with Crippen LogP contribution >= 0.6 is 0 Å². The average molecular weight is 390 g/mol. The number of hydrogen-bond donors (Lipinski definition) is 1. The maximum absolute atomic E-state index is 12.8. The first-order valence-electron chi connectivity index (χ1n) is 9.78. The molecule has 0 aliphatic rings. The number of carbonyl (C=O) groups excluding carboxylic acids is 1. The van der Waals surface area contributed by atoms with E-state index in [0.717, 1.165) is 34.3 Å². The molecular formula is C23H26N4O2. The molecule has 6 nitrogen and oxygen atoms in total. The molecule has 0 spiro atoms. The Balaban J connectivity index is 1.56. The van der Waals surface area contributed by atoms with E-state index in [9.17, 15) is 4.79 Å². The molecule has 150 valence electrons. The molecular weight excluding hydrogens is 364 g/mol. The van der Waals surface area contributed by atoms with Crippen LogP contribution in [0.3, 0.4) is 0 Å². The summed E-state index contributed by atoms with van der Waals surface area (Å²) in [6.07, 6.45) is 0. The van der Waals surface area contributed by atoms with E-state index < -0.39 is 0 Å². The third-order valence-electron chi connectivity index (χ3n) is 5.71. The van der Waals surface area contributed by atoms with Gasteiger partial charge >= 0.3 is 0 Å². The number of aromatic nitrogens is 3. The molecule has 4 rings (SSSR count). The summed E-state index contributed by atoms with van der Waals surface area (Å²) in [5, 5.41) is 4.11. The summed E-state index contributed by atoms with van der Waals surface area (Å²) < 4.78 is 9.49. The maximum atomic E-state index is 12.8. The van der Waals surface area contributed by atoms with Crippen molar-refractivity contribution >= 4 is 27.8 Å². The molecule has 0 saturated heterocycles. The lowest BCUT2D eigenvalue weighted by Gasteiger charge is -2.08. The van der Waals surface area contributed by atoms with E-state index in [-0.39, 0.29) is 5.91 Å². The number of benzene rings is 2. The lowest BCUT2D eigenvalue weighted by Crippen LogP contribution is -2.24. The summed E-state index contributed by atoms with van der Waals surface area (Å²) in [5.74, 6) is 0.735. The lowest BCUT2D eigenvalue weighted by atomic mass is 10.1. The van der Waals surface area contributed by atoms with Gasteiger partial charge in [-0.1, -0.05) is 12.1 Å². The lowest BCUT2D eigenvalue weighted by molar-refractivity contribution is 0.0950. The number of ether oxygens (including phenoxy) is 1. The van der Waals surface area contributed by atoms with Crippen molar-refractivity contribution in [3.63, 3.8) is 0 Å². The van der Waals surface area contributed by atoms with Crippen molar-refractivity contribution in [2.45, 2.75) is 26.9 Å². The van der Waals surface area contributed by atoms with Gasteiger partial charge < -0.3 is 19.2 Å². The predicted octanol–water partition coefficient (Wildman–Crippen LogP) is 3.72. The third kappa shape index (κ3) is 3.40. The fraction of sp³-hybridized carbons (Fsp3) is 0.304. The number of hydrogen-bond acceptors (Lipinski definition) is 3. The van der Waals surface area contributed by atoms with Crippen LogP contribution in [0.4, 0.5) is 0 Å². The zero-order valence-corrected chi connectivity index (χ0v) is 17.3. The van der Waals surface area contributed by atoms with Crippen LogP contribution in [0.15, 0.2) is 42.5 Å². The second-order valence-corrected chi connectivity index (χ2v) is 7.35. The average Bonchev–Trinajstić information content (AvgIpc) is 3.19. The fourth-order valence-electron chi connectivity index (χ4n) is 3.88. The number of aryl methyl sites for hydroxylation is 2. The van der Waals surface area contributed by atoms with Crippen LogP contribution in [-0.2, 0) is 24.9 Å². The van der Waals surface area contributed by atoms with Gasteiger partial charge in [0.15, 0.2) is 0 Å². The topological polar surface area (TPSA) is 61.1 Å². The molecule has 1 N–H and O–H groups in total. The van der Waals surface area contributed by atoms with Crippen LogP contribution < -0.4 is 5.32 Å². The van der Waals surface area contributed by atoms with Gasteiger partial charge in [-0.05, 0) is 49.7 Å². The Kier molecular flexibility index (Phi) is 5.11. The van der Waals surface area contributed by atoms with E-state index in [0.29, 0.717) is 18.7 Å². The molecule has 2 aromatic heterocycles. The zero-order valence-electron chi connectivity index (χ0n) is 17.3. The number of nitrogens with zero attached hydrogens (tertiary/aromatic N) is 3. The van der Waals surface area contributed by atoms with Crippen LogP contribution in [0, 0.1) is 13.8 Å². The molecule has 0 fully saturated rings. The molecule has 0 aliphatic heterocycles. The summed E-state index contributed by atoms with van der Waals surface area (Å²) in [4.78, 5) is 17.4. The van der Waals surface area contributed by atoms with Crippen molar-refractivity contribution in [2.75, 3.05) is 13.7 Å². The van der Waals surface area contributed by atoms with E-state index in [4.69, 9.17) is 4.74 Å². The Morgan fingerprint density at radius 1 is 1.14 bits per heavy atom. The highest BCUT2D eigenvalue weighted by Gasteiger charge is 2.15. The van der Waals surface area contributed by atoms with Crippen molar-refractivity contribution in [3.8, 4) is 0 Å². The van der Waals surface area contributed by atoms with Gasteiger partial charge in [-0.2, -0.15) is 0 Å². The highest BCUT2D eigenvalue weighted by molar-refractivity contribution is 5.99. The zero-order chi connectivity index (χ0) is 20.5. The van der Waals surface area contributed by atoms with Crippen LogP contribution in [0.25, 0.3) is 21.9 Å². The summed E-state index contributed by atoms with van der Waals surface area (Å²) in [6, 6.07) is 13.9. The first kappa shape index (κ1) is 19.2. The molecule has 29 heavy (non-hydrogen) atoms. The van der Waals surface area contributed by atoms with Crippen molar-refractivity contribution in [3.05, 3.63) is 65.1 Å².